The number of nitrogens with one attached hydrogen (secondary N) is 2. The van der Waals surface area contributed by atoms with E-state index in [9.17, 15) is 4.79 Å². The molecule has 0 atom stereocenters. The number of halogens is 1. The highest BCUT2D eigenvalue weighted by molar-refractivity contribution is 9.10. The van der Waals surface area contributed by atoms with Gasteiger partial charge in [0.2, 0.25) is 5.91 Å². The number of amides is 1. The molecule has 1 rings (SSSR count). The molecule has 0 heterocycles. The van der Waals surface area contributed by atoms with E-state index >= 15 is 0 Å². The van der Waals surface area contributed by atoms with Crippen molar-refractivity contribution in [2.45, 2.75) is 6.42 Å². The molecule has 0 radical (unpaired) electrons. The minimum atomic E-state index is -0.0372. The largest absolute Gasteiger partial charge is 0.292 e. The molecule has 0 spiro atoms. The average molecular weight is 243 g/mol. The van der Waals surface area contributed by atoms with Gasteiger partial charge in [-0.25, -0.2) is 5.43 Å². The molecule has 1 aromatic carbocycles. The fourth-order valence-electron chi connectivity index (χ4n) is 0.971. The number of rotatable bonds is 3. The van der Waals surface area contributed by atoms with E-state index in [-0.39, 0.29) is 5.91 Å². The molecule has 0 aromatic heterocycles. The third-order valence-corrected chi connectivity index (χ3v) is 2.07. The van der Waals surface area contributed by atoms with Crippen LogP contribution in [-0.2, 0) is 11.2 Å². The number of hydrogen-bond donors (Lipinski definition) is 2. The Bertz CT molecular complexity index is 284. The Morgan fingerprint density at radius 3 is 2.54 bits per heavy atom. The number of hydrogen-bond acceptors (Lipinski definition) is 2. The lowest BCUT2D eigenvalue weighted by atomic mass is 10.1. The molecule has 0 saturated heterocycles. The predicted octanol–water partition coefficient (Wildman–Crippen LogP) is 1.24. The monoisotopic (exact) mass is 242 g/mol. The lowest BCUT2D eigenvalue weighted by molar-refractivity contribution is -0.121. The van der Waals surface area contributed by atoms with Crippen molar-refractivity contribution in [1.82, 2.24) is 10.9 Å². The van der Waals surface area contributed by atoms with Crippen molar-refractivity contribution in [3.05, 3.63) is 34.3 Å². The van der Waals surface area contributed by atoms with Gasteiger partial charge in [-0.2, -0.15) is 0 Å². The summed E-state index contributed by atoms with van der Waals surface area (Å²) in [5, 5.41) is 0. The number of benzene rings is 1. The summed E-state index contributed by atoms with van der Waals surface area (Å²) in [7, 11) is 1.67. The minimum absolute atomic E-state index is 0.0372. The zero-order valence-corrected chi connectivity index (χ0v) is 8.89. The standard InChI is InChI=1S/C9H11BrN2O/c1-11-12-9(13)6-7-2-4-8(10)5-3-7/h2-5,11H,6H2,1H3,(H,12,13). The van der Waals surface area contributed by atoms with Crippen molar-refractivity contribution < 1.29 is 4.79 Å². The summed E-state index contributed by atoms with van der Waals surface area (Å²) in [5.41, 5.74) is 6.09. The second-order valence-corrected chi connectivity index (χ2v) is 3.52. The first kappa shape index (κ1) is 10.2. The van der Waals surface area contributed by atoms with Gasteiger partial charge < -0.3 is 0 Å². The maximum Gasteiger partial charge on any atom is 0.238 e. The fourth-order valence-corrected chi connectivity index (χ4v) is 1.24. The summed E-state index contributed by atoms with van der Waals surface area (Å²) in [6, 6.07) is 7.67. The van der Waals surface area contributed by atoms with Crippen LogP contribution in [0.15, 0.2) is 28.7 Å². The van der Waals surface area contributed by atoms with Crippen molar-refractivity contribution in [2.24, 2.45) is 0 Å². The maximum atomic E-state index is 11.1. The maximum absolute atomic E-state index is 11.1. The molecule has 1 aromatic rings. The highest BCUT2D eigenvalue weighted by Gasteiger charge is 2.00. The average Bonchev–Trinajstić information content (AvgIpc) is 2.09. The molecular weight excluding hydrogens is 232 g/mol. The molecule has 70 valence electrons. The molecule has 0 aliphatic carbocycles. The van der Waals surface area contributed by atoms with Crippen LogP contribution < -0.4 is 10.9 Å². The molecule has 2 N–H and O–H groups in total. The van der Waals surface area contributed by atoms with Crippen molar-refractivity contribution in [3.63, 3.8) is 0 Å². The Balaban J connectivity index is 2.54. The van der Waals surface area contributed by atoms with Crippen LogP contribution in [0.4, 0.5) is 0 Å². The van der Waals surface area contributed by atoms with E-state index in [1.165, 1.54) is 0 Å². The molecule has 1 amide bonds. The third kappa shape index (κ3) is 3.57. The van der Waals surface area contributed by atoms with Gasteiger partial charge in [-0.3, -0.25) is 10.2 Å². The zero-order chi connectivity index (χ0) is 9.68. The van der Waals surface area contributed by atoms with Crippen LogP contribution in [0.3, 0.4) is 0 Å². The minimum Gasteiger partial charge on any atom is -0.292 e. The van der Waals surface area contributed by atoms with Gasteiger partial charge in [-0.05, 0) is 17.7 Å². The normalized spacial score (nSPS) is 9.69. The van der Waals surface area contributed by atoms with Crippen LogP contribution in [0.1, 0.15) is 5.56 Å². The van der Waals surface area contributed by atoms with E-state index in [1.807, 2.05) is 24.3 Å². The van der Waals surface area contributed by atoms with E-state index in [0.717, 1.165) is 10.0 Å². The Morgan fingerprint density at radius 1 is 1.38 bits per heavy atom. The number of hydrazine groups is 1. The van der Waals surface area contributed by atoms with Crippen LogP contribution in [0.2, 0.25) is 0 Å². The highest BCUT2D eigenvalue weighted by atomic mass is 79.9. The van der Waals surface area contributed by atoms with Gasteiger partial charge in [-0.15, -0.1) is 0 Å². The summed E-state index contributed by atoms with van der Waals surface area (Å²) in [6.45, 7) is 0. The van der Waals surface area contributed by atoms with Crippen LogP contribution in [0.5, 0.6) is 0 Å². The topological polar surface area (TPSA) is 41.1 Å². The lowest BCUT2D eigenvalue weighted by Crippen LogP contribution is -2.35. The van der Waals surface area contributed by atoms with E-state index < -0.39 is 0 Å². The van der Waals surface area contributed by atoms with Crippen molar-refractivity contribution >= 4 is 21.8 Å². The summed E-state index contributed by atoms with van der Waals surface area (Å²) in [5.74, 6) is -0.0372. The summed E-state index contributed by atoms with van der Waals surface area (Å²) in [6.07, 6.45) is 0.397. The van der Waals surface area contributed by atoms with Gasteiger partial charge in [0.05, 0.1) is 6.42 Å². The predicted molar refractivity (Wildman–Crippen MR) is 55.0 cm³/mol. The molecule has 0 saturated carbocycles. The van der Waals surface area contributed by atoms with Gasteiger partial charge in [0.15, 0.2) is 0 Å². The molecule has 0 aliphatic heterocycles. The smallest absolute Gasteiger partial charge is 0.238 e. The molecule has 0 aliphatic rings. The van der Waals surface area contributed by atoms with Crippen molar-refractivity contribution in [3.8, 4) is 0 Å². The van der Waals surface area contributed by atoms with E-state index in [4.69, 9.17) is 0 Å². The first-order valence-corrected chi connectivity index (χ1v) is 4.71. The van der Waals surface area contributed by atoms with Gasteiger partial charge >= 0.3 is 0 Å². The van der Waals surface area contributed by atoms with Gasteiger partial charge in [0, 0.05) is 11.5 Å². The second kappa shape index (κ2) is 4.99. The lowest BCUT2D eigenvalue weighted by Gasteiger charge is -2.02. The van der Waals surface area contributed by atoms with Gasteiger partial charge in [0.25, 0.3) is 0 Å². The third-order valence-electron chi connectivity index (χ3n) is 1.54. The van der Waals surface area contributed by atoms with Crippen molar-refractivity contribution in [2.75, 3.05) is 7.05 Å². The molecule has 13 heavy (non-hydrogen) atoms. The van der Waals surface area contributed by atoms with Crippen LogP contribution in [0.25, 0.3) is 0 Å². The molecule has 0 bridgehead atoms. The Hall–Kier alpha value is -0.870. The molecule has 4 heteroatoms. The Kier molecular flexibility index (Phi) is 3.92. The van der Waals surface area contributed by atoms with Crippen LogP contribution in [0, 0.1) is 0 Å². The Morgan fingerprint density at radius 2 is 2.00 bits per heavy atom. The molecule has 0 fully saturated rings. The summed E-state index contributed by atoms with van der Waals surface area (Å²) >= 11 is 3.33. The fraction of sp³-hybridized carbons (Fsp3) is 0.222. The second-order valence-electron chi connectivity index (χ2n) is 2.60. The van der Waals surface area contributed by atoms with Crippen LogP contribution in [-0.4, -0.2) is 13.0 Å². The van der Waals surface area contributed by atoms with Gasteiger partial charge in [0.1, 0.15) is 0 Å². The van der Waals surface area contributed by atoms with Crippen molar-refractivity contribution in [1.29, 1.82) is 0 Å². The van der Waals surface area contributed by atoms with Gasteiger partial charge in [-0.1, -0.05) is 28.1 Å². The number of carbonyl (C=O) groups excluding carboxylic acids is 1. The first-order chi connectivity index (χ1) is 6.22. The molecule has 3 nitrogen and oxygen atoms in total. The van der Waals surface area contributed by atoms with E-state index in [2.05, 4.69) is 26.8 Å². The molecular formula is C9H11BrN2O. The SMILES string of the molecule is CNNC(=O)Cc1ccc(Br)cc1. The van der Waals surface area contributed by atoms with Crippen LogP contribution >= 0.6 is 15.9 Å². The number of carbonyl (C=O) groups is 1. The molecule has 0 unspecified atom stereocenters. The van der Waals surface area contributed by atoms with E-state index in [1.54, 1.807) is 7.05 Å². The zero-order valence-electron chi connectivity index (χ0n) is 7.30. The summed E-state index contributed by atoms with van der Waals surface area (Å²) < 4.78 is 1.02. The quantitative estimate of drug-likeness (QED) is 0.784. The first-order valence-electron chi connectivity index (χ1n) is 3.92. The Labute approximate surface area is 85.6 Å². The summed E-state index contributed by atoms with van der Waals surface area (Å²) in [4.78, 5) is 11.1. The highest BCUT2D eigenvalue weighted by Crippen LogP contribution is 2.10. The van der Waals surface area contributed by atoms with E-state index in [0.29, 0.717) is 6.42 Å².